The van der Waals surface area contributed by atoms with Gasteiger partial charge in [0, 0.05) is 16.8 Å². The Morgan fingerprint density at radius 3 is 2.43 bits per heavy atom. The molecule has 0 aliphatic heterocycles. The fourth-order valence-electron chi connectivity index (χ4n) is 1.64. The number of nitrogens with two attached hydrogens (primary N) is 1. The molecule has 21 heavy (non-hydrogen) atoms. The number of ketones is 1. The highest BCUT2D eigenvalue weighted by Gasteiger charge is 2.30. The molecule has 0 amide bonds. The maximum Gasteiger partial charge on any atom is 0.416 e. The number of nitrogen functional groups attached to an aromatic ring is 1. The standard InChI is InChI=1S/C16H10F3NO/c17-16(18,19)13-6-3-5-12(10-13)15(21)9-8-11-4-1-2-7-14(11)20/h1-7,10H,20H2. The molecule has 2 N–H and O–H groups in total. The first kappa shape index (κ1) is 14.7. The Morgan fingerprint density at radius 1 is 1.05 bits per heavy atom. The summed E-state index contributed by atoms with van der Waals surface area (Å²) in [5.74, 6) is 4.17. The molecule has 0 fully saturated rings. The van der Waals surface area contributed by atoms with Crippen LogP contribution in [0, 0.1) is 11.8 Å². The van der Waals surface area contributed by atoms with Gasteiger partial charge < -0.3 is 5.73 Å². The minimum Gasteiger partial charge on any atom is -0.398 e. The predicted octanol–water partition coefficient (Wildman–Crippen LogP) is 3.52. The van der Waals surface area contributed by atoms with Gasteiger partial charge in [-0.1, -0.05) is 30.2 Å². The van der Waals surface area contributed by atoms with Crippen molar-refractivity contribution in [3.05, 3.63) is 65.2 Å². The van der Waals surface area contributed by atoms with Gasteiger partial charge in [-0.25, -0.2) is 0 Å². The first-order valence-corrected chi connectivity index (χ1v) is 5.96. The minimum atomic E-state index is -4.49. The fraction of sp³-hybridized carbons (Fsp3) is 0.0625. The van der Waals surface area contributed by atoms with Crippen LogP contribution in [0.25, 0.3) is 0 Å². The Labute approximate surface area is 119 Å². The molecule has 0 aliphatic carbocycles. The van der Waals surface area contributed by atoms with Crippen molar-refractivity contribution in [2.24, 2.45) is 0 Å². The summed E-state index contributed by atoms with van der Waals surface area (Å²) in [4.78, 5) is 11.8. The number of alkyl halides is 3. The van der Waals surface area contributed by atoms with Crippen LogP contribution in [0.5, 0.6) is 0 Å². The molecular weight excluding hydrogens is 279 g/mol. The summed E-state index contributed by atoms with van der Waals surface area (Å²) in [5, 5.41) is 0. The van der Waals surface area contributed by atoms with E-state index in [1.807, 2.05) is 0 Å². The molecule has 0 saturated carbocycles. The van der Waals surface area contributed by atoms with Gasteiger partial charge in [-0.2, -0.15) is 13.2 Å². The van der Waals surface area contributed by atoms with Crippen LogP contribution in [0.15, 0.2) is 48.5 Å². The van der Waals surface area contributed by atoms with Crippen molar-refractivity contribution < 1.29 is 18.0 Å². The quantitative estimate of drug-likeness (QED) is 0.496. The van der Waals surface area contributed by atoms with E-state index in [9.17, 15) is 18.0 Å². The lowest BCUT2D eigenvalue weighted by atomic mass is 10.1. The fourth-order valence-corrected chi connectivity index (χ4v) is 1.64. The lowest BCUT2D eigenvalue weighted by molar-refractivity contribution is -0.137. The number of benzene rings is 2. The molecule has 0 atom stereocenters. The first-order chi connectivity index (χ1) is 9.88. The summed E-state index contributed by atoms with van der Waals surface area (Å²) >= 11 is 0. The Hall–Kier alpha value is -2.74. The van der Waals surface area contributed by atoms with Crippen LogP contribution in [-0.2, 0) is 6.18 Å². The molecule has 2 aromatic rings. The molecule has 0 aliphatic rings. The Morgan fingerprint density at radius 2 is 1.76 bits per heavy atom. The van der Waals surface area contributed by atoms with E-state index in [4.69, 9.17) is 5.73 Å². The van der Waals surface area contributed by atoms with Crippen LogP contribution in [0.1, 0.15) is 21.5 Å². The topological polar surface area (TPSA) is 43.1 Å². The van der Waals surface area contributed by atoms with Crippen LogP contribution >= 0.6 is 0 Å². The second-order valence-electron chi connectivity index (χ2n) is 4.24. The number of hydrogen-bond donors (Lipinski definition) is 1. The van der Waals surface area contributed by atoms with E-state index in [-0.39, 0.29) is 5.56 Å². The number of halogens is 3. The summed E-state index contributed by atoms with van der Waals surface area (Å²) in [6, 6.07) is 10.8. The van der Waals surface area contributed by atoms with Crippen LogP contribution in [0.3, 0.4) is 0 Å². The van der Waals surface area contributed by atoms with E-state index in [1.165, 1.54) is 12.1 Å². The predicted molar refractivity (Wildman–Crippen MR) is 73.5 cm³/mol. The van der Waals surface area contributed by atoms with Gasteiger partial charge >= 0.3 is 6.18 Å². The van der Waals surface area contributed by atoms with Gasteiger partial charge in [-0.05, 0) is 30.2 Å². The number of para-hydroxylation sites is 1. The van der Waals surface area contributed by atoms with Gasteiger partial charge in [0.05, 0.1) is 5.56 Å². The summed E-state index contributed by atoms with van der Waals surface area (Å²) < 4.78 is 37.7. The van der Waals surface area contributed by atoms with Gasteiger partial charge in [0.25, 0.3) is 0 Å². The van der Waals surface area contributed by atoms with Crippen molar-refractivity contribution in [1.29, 1.82) is 0 Å². The summed E-state index contributed by atoms with van der Waals surface area (Å²) in [7, 11) is 0. The molecule has 2 aromatic carbocycles. The second kappa shape index (κ2) is 5.71. The van der Waals surface area contributed by atoms with Gasteiger partial charge in [-0.15, -0.1) is 0 Å². The Kier molecular flexibility index (Phi) is 3.99. The molecule has 0 bridgehead atoms. The first-order valence-electron chi connectivity index (χ1n) is 5.96. The number of hydrogen-bond acceptors (Lipinski definition) is 2. The third kappa shape index (κ3) is 3.63. The molecule has 2 rings (SSSR count). The maximum atomic E-state index is 12.6. The smallest absolute Gasteiger partial charge is 0.398 e. The van der Waals surface area contributed by atoms with Crippen LogP contribution in [0.4, 0.5) is 18.9 Å². The SMILES string of the molecule is Nc1ccccc1C#CC(=O)c1cccc(C(F)(F)F)c1. The van der Waals surface area contributed by atoms with E-state index >= 15 is 0 Å². The highest BCUT2D eigenvalue weighted by Crippen LogP contribution is 2.29. The molecule has 0 aromatic heterocycles. The summed E-state index contributed by atoms with van der Waals surface area (Å²) in [6.45, 7) is 0. The zero-order chi connectivity index (χ0) is 15.5. The Balaban J connectivity index is 2.29. The molecule has 5 heteroatoms. The van der Waals surface area contributed by atoms with Crippen LogP contribution in [-0.4, -0.2) is 5.78 Å². The number of Topliss-reactive ketones (excluding diaryl/α,β-unsaturated/α-hetero) is 1. The zero-order valence-electron chi connectivity index (χ0n) is 10.7. The average Bonchev–Trinajstić information content (AvgIpc) is 2.45. The third-order valence-corrected chi connectivity index (χ3v) is 2.72. The number of rotatable bonds is 1. The molecule has 0 spiro atoms. The van der Waals surface area contributed by atoms with E-state index in [1.54, 1.807) is 24.3 Å². The molecule has 0 heterocycles. The molecule has 0 unspecified atom stereocenters. The molecule has 2 nitrogen and oxygen atoms in total. The lowest BCUT2D eigenvalue weighted by Crippen LogP contribution is -2.06. The van der Waals surface area contributed by atoms with Crippen LogP contribution < -0.4 is 5.73 Å². The molecule has 106 valence electrons. The Bertz CT molecular complexity index is 739. The lowest BCUT2D eigenvalue weighted by Gasteiger charge is -2.06. The van der Waals surface area contributed by atoms with Crippen molar-refractivity contribution >= 4 is 11.5 Å². The zero-order valence-corrected chi connectivity index (χ0v) is 10.7. The van der Waals surface area contributed by atoms with E-state index in [0.717, 1.165) is 12.1 Å². The van der Waals surface area contributed by atoms with E-state index in [2.05, 4.69) is 11.8 Å². The van der Waals surface area contributed by atoms with E-state index < -0.39 is 17.5 Å². The largest absolute Gasteiger partial charge is 0.416 e. The number of carbonyl (C=O) groups excluding carboxylic acids is 1. The number of anilines is 1. The van der Waals surface area contributed by atoms with Crippen molar-refractivity contribution in [2.75, 3.05) is 5.73 Å². The highest BCUT2D eigenvalue weighted by molar-refractivity contribution is 6.09. The van der Waals surface area contributed by atoms with Gasteiger partial charge in [-0.3, -0.25) is 4.79 Å². The second-order valence-corrected chi connectivity index (χ2v) is 4.24. The summed E-state index contributed by atoms with van der Waals surface area (Å²) in [6.07, 6.45) is -4.49. The molecular formula is C16H10F3NO. The van der Waals surface area contributed by atoms with Crippen LogP contribution in [0.2, 0.25) is 0 Å². The monoisotopic (exact) mass is 289 g/mol. The van der Waals surface area contributed by atoms with Crippen molar-refractivity contribution in [3.63, 3.8) is 0 Å². The van der Waals surface area contributed by atoms with Gasteiger partial charge in [0.2, 0.25) is 5.78 Å². The van der Waals surface area contributed by atoms with Crippen molar-refractivity contribution in [1.82, 2.24) is 0 Å². The van der Waals surface area contributed by atoms with Gasteiger partial charge in [0.15, 0.2) is 0 Å². The number of carbonyl (C=O) groups is 1. The maximum absolute atomic E-state index is 12.6. The van der Waals surface area contributed by atoms with E-state index in [0.29, 0.717) is 11.3 Å². The highest BCUT2D eigenvalue weighted by atomic mass is 19.4. The third-order valence-electron chi connectivity index (χ3n) is 2.72. The molecule has 0 saturated heterocycles. The summed E-state index contributed by atoms with van der Waals surface area (Å²) in [5.41, 5.74) is 5.54. The normalized spacial score (nSPS) is 10.6. The average molecular weight is 289 g/mol. The minimum absolute atomic E-state index is 0.105. The van der Waals surface area contributed by atoms with Gasteiger partial charge in [0.1, 0.15) is 0 Å². The van der Waals surface area contributed by atoms with Crippen molar-refractivity contribution in [3.8, 4) is 11.8 Å². The van der Waals surface area contributed by atoms with Crippen molar-refractivity contribution in [2.45, 2.75) is 6.18 Å². The molecule has 0 radical (unpaired) electrons.